The van der Waals surface area contributed by atoms with E-state index in [0.717, 1.165) is 5.52 Å². The number of fused-ring (bicyclic) bond motifs is 1. The van der Waals surface area contributed by atoms with Crippen molar-refractivity contribution in [2.75, 3.05) is 32.8 Å². The standard InChI is InChI=1S/C21H29N5O5S/c1-15(2)26-18-6-5-16(14-17(18)22-23-26)32(28,29)25-9-3-4-19(25)20(27)24-10-7-21(8-11-24)30-12-13-31-21/h5-6,14-15,19H,3-4,7-13H2,1-2H3/t19-/m0/s1. The Morgan fingerprint density at radius 1 is 1.16 bits per heavy atom. The zero-order valence-electron chi connectivity index (χ0n) is 18.4. The fourth-order valence-corrected chi connectivity index (χ4v) is 6.61. The molecule has 1 aromatic heterocycles. The van der Waals surface area contributed by atoms with Crippen LogP contribution in [0.3, 0.4) is 0 Å². The molecule has 1 amide bonds. The van der Waals surface area contributed by atoms with Crippen LogP contribution in [0.25, 0.3) is 11.0 Å². The smallest absolute Gasteiger partial charge is 0.243 e. The molecule has 0 aliphatic carbocycles. The number of likely N-dealkylation sites (tertiary alicyclic amines) is 1. The summed E-state index contributed by atoms with van der Waals surface area (Å²) in [7, 11) is -3.84. The molecule has 2 aromatic rings. The summed E-state index contributed by atoms with van der Waals surface area (Å²) in [6.07, 6.45) is 2.41. The van der Waals surface area contributed by atoms with Crippen molar-refractivity contribution < 1.29 is 22.7 Å². The molecule has 10 nitrogen and oxygen atoms in total. The Hall–Kier alpha value is -2.08. The first-order valence-corrected chi connectivity index (χ1v) is 12.7. The number of nitrogens with zero attached hydrogens (tertiary/aromatic N) is 5. The third-order valence-electron chi connectivity index (χ3n) is 6.68. The predicted octanol–water partition coefficient (Wildman–Crippen LogP) is 1.53. The highest BCUT2D eigenvalue weighted by atomic mass is 32.2. The van der Waals surface area contributed by atoms with Crippen molar-refractivity contribution in [3.05, 3.63) is 18.2 Å². The maximum absolute atomic E-state index is 13.5. The number of hydrogen-bond donors (Lipinski definition) is 0. The van der Waals surface area contributed by atoms with Crippen molar-refractivity contribution in [1.29, 1.82) is 0 Å². The SMILES string of the molecule is CC(C)n1nnc2cc(S(=O)(=O)N3CCC[C@H]3C(=O)N3CCC4(CC3)OCCO4)ccc21. The topological polar surface area (TPSA) is 107 Å². The number of amides is 1. The fraction of sp³-hybridized carbons (Fsp3) is 0.667. The van der Waals surface area contributed by atoms with Crippen molar-refractivity contribution in [3.8, 4) is 0 Å². The molecule has 0 saturated carbocycles. The van der Waals surface area contributed by atoms with Crippen LogP contribution in [0.1, 0.15) is 45.6 Å². The van der Waals surface area contributed by atoms with E-state index in [9.17, 15) is 13.2 Å². The van der Waals surface area contributed by atoms with Gasteiger partial charge in [0.2, 0.25) is 15.9 Å². The van der Waals surface area contributed by atoms with E-state index in [2.05, 4.69) is 10.3 Å². The zero-order chi connectivity index (χ0) is 22.5. The molecule has 174 valence electrons. The van der Waals surface area contributed by atoms with Crippen LogP contribution in [0.4, 0.5) is 0 Å². The van der Waals surface area contributed by atoms with Crippen LogP contribution in [0.2, 0.25) is 0 Å². The Morgan fingerprint density at radius 3 is 2.56 bits per heavy atom. The number of benzene rings is 1. The number of ether oxygens (including phenoxy) is 2. The summed E-state index contributed by atoms with van der Waals surface area (Å²) in [6, 6.07) is 4.31. The van der Waals surface area contributed by atoms with Gasteiger partial charge in [-0.2, -0.15) is 4.31 Å². The van der Waals surface area contributed by atoms with Gasteiger partial charge in [0, 0.05) is 38.5 Å². The molecule has 3 saturated heterocycles. The van der Waals surface area contributed by atoms with Crippen LogP contribution in [0, 0.1) is 0 Å². The van der Waals surface area contributed by atoms with Gasteiger partial charge in [0.25, 0.3) is 0 Å². The van der Waals surface area contributed by atoms with E-state index in [1.165, 1.54) is 4.31 Å². The highest BCUT2D eigenvalue weighted by Crippen LogP contribution is 2.34. The molecule has 4 heterocycles. The number of sulfonamides is 1. The lowest BCUT2D eigenvalue weighted by Crippen LogP contribution is -2.53. The van der Waals surface area contributed by atoms with Crippen LogP contribution in [0.15, 0.2) is 23.1 Å². The van der Waals surface area contributed by atoms with Crippen molar-refractivity contribution in [1.82, 2.24) is 24.2 Å². The van der Waals surface area contributed by atoms with Crippen LogP contribution < -0.4 is 0 Å². The molecule has 5 rings (SSSR count). The van der Waals surface area contributed by atoms with Crippen molar-refractivity contribution in [2.24, 2.45) is 0 Å². The minimum atomic E-state index is -3.84. The van der Waals surface area contributed by atoms with E-state index in [0.29, 0.717) is 64.0 Å². The molecule has 11 heteroatoms. The van der Waals surface area contributed by atoms with Crippen LogP contribution in [0.5, 0.6) is 0 Å². The van der Waals surface area contributed by atoms with Gasteiger partial charge in [-0.25, -0.2) is 13.1 Å². The fourth-order valence-electron chi connectivity index (χ4n) is 4.94. The number of rotatable bonds is 4. The third kappa shape index (κ3) is 3.60. The first-order chi connectivity index (χ1) is 15.3. The van der Waals surface area contributed by atoms with Gasteiger partial charge < -0.3 is 14.4 Å². The summed E-state index contributed by atoms with van der Waals surface area (Å²) in [4.78, 5) is 15.2. The van der Waals surface area contributed by atoms with Crippen molar-refractivity contribution in [2.45, 2.75) is 62.3 Å². The first-order valence-electron chi connectivity index (χ1n) is 11.2. The molecular formula is C21H29N5O5S. The maximum Gasteiger partial charge on any atom is 0.243 e. The average molecular weight is 464 g/mol. The largest absolute Gasteiger partial charge is 0.347 e. The Balaban J connectivity index is 1.35. The first kappa shape index (κ1) is 21.7. The minimum Gasteiger partial charge on any atom is -0.347 e. The van der Waals surface area contributed by atoms with Crippen molar-refractivity contribution in [3.63, 3.8) is 0 Å². The van der Waals surface area contributed by atoms with Gasteiger partial charge in [-0.15, -0.1) is 5.10 Å². The van der Waals surface area contributed by atoms with E-state index in [-0.39, 0.29) is 16.8 Å². The highest BCUT2D eigenvalue weighted by Gasteiger charge is 2.45. The number of piperidine rings is 1. The Morgan fingerprint density at radius 2 is 1.88 bits per heavy atom. The van der Waals surface area contributed by atoms with Gasteiger partial charge in [-0.3, -0.25) is 4.79 Å². The molecule has 1 aromatic carbocycles. The Kier molecular flexibility index (Phi) is 5.47. The molecule has 0 N–H and O–H groups in total. The summed E-state index contributed by atoms with van der Waals surface area (Å²) >= 11 is 0. The van der Waals surface area contributed by atoms with Gasteiger partial charge in [0.05, 0.1) is 23.6 Å². The molecule has 1 spiro atoms. The Labute approximate surface area is 187 Å². The highest BCUT2D eigenvalue weighted by molar-refractivity contribution is 7.89. The van der Waals surface area contributed by atoms with Crippen LogP contribution >= 0.6 is 0 Å². The number of carbonyl (C=O) groups is 1. The lowest BCUT2D eigenvalue weighted by Gasteiger charge is -2.39. The maximum atomic E-state index is 13.5. The van der Waals surface area contributed by atoms with Gasteiger partial charge >= 0.3 is 0 Å². The Bertz CT molecular complexity index is 1110. The summed E-state index contributed by atoms with van der Waals surface area (Å²) in [5.41, 5.74) is 1.31. The van der Waals surface area contributed by atoms with Gasteiger partial charge in [-0.1, -0.05) is 5.21 Å². The number of carbonyl (C=O) groups excluding carboxylic acids is 1. The third-order valence-corrected chi connectivity index (χ3v) is 8.58. The van der Waals surface area contributed by atoms with Crippen molar-refractivity contribution >= 4 is 27.0 Å². The monoisotopic (exact) mass is 463 g/mol. The second-order valence-electron chi connectivity index (χ2n) is 8.98. The van der Waals surface area contributed by atoms with E-state index in [4.69, 9.17) is 9.47 Å². The summed E-state index contributed by atoms with van der Waals surface area (Å²) in [5, 5.41) is 8.26. The average Bonchev–Trinajstić information content (AvgIpc) is 3.53. The van der Waals surface area contributed by atoms with E-state index >= 15 is 0 Å². The summed E-state index contributed by atoms with van der Waals surface area (Å²) in [5.74, 6) is -0.702. The molecular weight excluding hydrogens is 434 g/mol. The van der Waals surface area contributed by atoms with Crippen LogP contribution in [-0.2, 0) is 24.3 Å². The normalized spacial score (nSPS) is 24.2. The molecule has 0 radical (unpaired) electrons. The summed E-state index contributed by atoms with van der Waals surface area (Å²) in [6.45, 7) is 6.50. The molecule has 1 atom stereocenters. The van der Waals surface area contributed by atoms with E-state index in [1.807, 2.05) is 13.8 Å². The van der Waals surface area contributed by atoms with Crippen LogP contribution in [-0.4, -0.2) is 83.2 Å². The quantitative estimate of drug-likeness (QED) is 0.677. The van der Waals surface area contributed by atoms with Gasteiger partial charge in [-0.05, 0) is 44.9 Å². The zero-order valence-corrected chi connectivity index (χ0v) is 19.3. The van der Waals surface area contributed by atoms with E-state index in [1.54, 1.807) is 27.8 Å². The van der Waals surface area contributed by atoms with E-state index < -0.39 is 21.9 Å². The second-order valence-corrected chi connectivity index (χ2v) is 10.9. The summed E-state index contributed by atoms with van der Waals surface area (Å²) < 4.78 is 41.6. The predicted molar refractivity (Wildman–Crippen MR) is 115 cm³/mol. The molecule has 3 aliphatic heterocycles. The second kappa shape index (κ2) is 8.05. The molecule has 3 fully saturated rings. The minimum absolute atomic E-state index is 0.117. The van der Waals surface area contributed by atoms with Gasteiger partial charge in [0.15, 0.2) is 5.79 Å². The molecule has 32 heavy (non-hydrogen) atoms. The lowest BCUT2D eigenvalue weighted by molar-refractivity contribution is -0.188. The van der Waals surface area contributed by atoms with Gasteiger partial charge in [0.1, 0.15) is 11.6 Å². The lowest BCUT2D eigenvalue weighted by atomic mass is 10.0. The molecule has 3 aliphatic rings. The number of hydrogen-bond acceptors (Lipinski definition) is 7. The molecule has 0 unspecified atom stereocenters. The molecule has 0 bridgehead atoms. The number of aromatic nitrogens is 3.